The summed E-state index contributed by atoms with van der Waals surface area (Å²) in [5, 5.41) is 3.70. The molecule has 0 spiro atoms. The molecule has 1 aliphatic carbocycles. The van der Waals surface area contributed by atoms with E-state index in [4.69, 9.17) is 0 Å². The van der Waals surface area contributed by atoms with E-state index in [0.29, 0.717) is 0 Å². The van der Waals surface area contributed by atoms with Crippen molar-refractivity contribution in [3.05, 3.63) is 186 Å². The highest BCUT2D eigenvalue weighted by Crippen LogP contribution is 2.47. The Balaban J connectivity index is 0.000000816. The lowest BCUT2D eigenvalue weighted by molar-refractivity contribution is 1.04. The van der Waals surface area contributed by atoms with Crippen molar-refractivity contribution in [2.45, 2.75) is 81.6 Å². The first-order valence-electron chi connectivity index (χ1n) is 22.1. The van der Waals surface area contributed by atoms with E-state index < -0.39 is 0 Å². The van der Waals surface area contributed by atoms with E-state index in [0.717, 1.165) is 35.6 Å². The summed E-state index contributed by atoms with van der Waals surface area (Å²) in [5.74, 6) is 0. The van der Waals surface area contributed by atoms with E-state index in [1.807, 2.05) is 33.8 Å². The van der Waals surface area contributed by atoms with Crippen molar-refractivity contribution in [2.75, 3.05) is 4.90 Å². The number of allylic oxidation sites excluding steroid dienone is 5. The summed E-state index contributed by atoms with van der Waals surface area (Å²) in [5.41, 5.74) is 18.2. The summed E-state index contributed by atoms with van der Waals surface area (Å²) in [6, 6.07) is 47.0. The zero-order valence-electron chi connectivity index (χ0n) is 37.3. The molecule has 2 heteroatoms. The third-order valence-corrected chi connectivity index (χ3v) is 10.9. The lowest BCUT2D eigenvalue weighted by atomic mass is 9.91. The lowest BCUT2D eigenvalue weighted by Gasteiger charge is -2.28. The molecule has 0 unspecified atom stereocenters. The molecule has 0 radical (unpaired) electrons. The van der Waals surface area contributed by atoms with Crippen LogP contribution in [0.2, 0.25) is 0 Å². The van der Waals surface area contributed by atoms with Gasteiger partial charge in [0, 0.05) is 33.1 Å². The average Bonchev–Trinajstić information content (AvgIpc) is 3.82. The van der Waals surface area contributed by atoms with E-state index in [9.17, 15) is 0 Å². The molecular formula is C58H62N2. The molecule has 0 saturated carbocycles. The van der Waals surface area contributed by atoms with Gasteiger partial charge in [-0.05, 0) is 121 Å². The molecular weight excluding hydrogens is 725 g/mol. The fraction of sp³-hybridized carbons (Fsp3) is 0.207. The Morgan fingerprint density at radius 3 is 1.98 bits per heavy atom. The predicted octanol–water partition coefficient (Wildman–Crippen LogP) is 18.0. The second-order valence-electron chi connectivity index (χ2n) is 14.8. The summed E-state index contributed by atoms with van der Waals surface area (Å²) < 4.78 is 2.43. The minimum absolute atomic E-state index is 1.10. The minimum atomic E-state index is 1.10. The average molecular weight is 787 g/mol. The molecule has 2 aromatic heterocycles. The van der Waals surface area contributed by atoms with Gasteiger partial charge in [0.05, 0.1) is 22.4 Å². The molecule has 0 amide bonds. The molecule has 60 heavy (non-hydrogen) atoms. The van der Waals surface area contributed by atoms with E-state index in [-0.39, 0.29) is 0 Å². The first-order valence-corrected chi connectivity index (χ1v) is 22.1. The van der Waals surface area contributed by atoms with Crippen LogP contribution >= 0.6 is 0 Å². The zero-order valence-corrected chi connectivity index (χ0v) is 37.3. The predicted molar refractivity (Wildman–Crippen MR) is 268 cm³/mol. The number of anilines is 3. The first-order chi connectivity index (χ1) is 29.5. The number of nitrogens with zero attached hydrogens (tertiary/aromatic N) is 2. The SMILES string of the molecule is C=Cc1c(/C=C\C)n2c3cccc(N(c4ccc(-c5ccccc5)cc4)c4ccc(C)c(-c5ccc(C6=CCCC=C6)cc5C)c4)c3c3cccc1c32.CC.CC.CCC. The topological polar surface area (TPSA) is 7.65 Å². The van der Waals surface area contributed by atoms with Crippen LogP contribution < -0.4 is 4.90 Å². The second-order valence-corrected chi connectivity index (χ2v) is 14.8. The molecule has 0 N–H and O–H groups in total. The van der Waals surface area contributed by atoms with Gasteiger partial charge in [0.1, 0.15) is 0 Å². The number of hydrogen-bond acceptors (Lipinski definition) is 1. The molecule has 6 aromatic carbocycles. The van der Waals surface area contributed by atoms with Gasteiger partial charge in [-0.25, -0.2) is 0 Å². The number of hydrogen-bond donors (Lipinski definition) is 0. The first kappa shape index (κ1) is 43.2. The lowest BCUT2D eigenvalue weighted by Crippen LogP contribution is -2.11. The van der Waals surface area contributed by atoms with Gasteiger partial charge in [0.15, 0.2) is 0 Å². The van der Waals surface area contributed by atoms with Gasteiger partial charge >= 0.3 is 0 Å². The van der Waals surface area contributed by atoms with Crippen LogP contribution in [0.3, 0.4) is 0 Å². The van der Waals surface area contributed by atoms with E-state index >= 15 is 0 Å². The van der Waals surface area contributed by atoms with Crippen LogP contribution in [-0.4, -0.2) is 4.40 Å². The Kier molecular flexibility index (Phi) is 14.4. The molecule has 9 rings (SSSR count). The number of aromatic nitrogens is 1. The largest absolute Gasteiger partial charge is 0.310 e. The third kappa shape index (κ3) is 8.25. The van der Waals surface area contributed by atoms with E-state index in [1.54, 1.807) is 0 Å². The Morgan fingerprint density at radius 1 is 0.650 bits per heavy atom. The number of rotatable bonds is 8. The summed E-state index contributed by atoms with van der Waals surface area (Å²) in [6.45, 7) is 23.0. The second kappa shape index (κ2) is 20.1. The van der Waals surface area contributed by atoms with Crippen molar-refractivity contribution in [2.24, 2.45) is 0 Å². The fourth-order valence-electron chi connectivity index (χ4n) is 8.42. The summed E-state index contributed by atoms with van der Waals surface area (Å²) in [4.78, 5) is 2.45. The Hall–Kier alpha value is -6.38. The van der Waals surface area contributed by atoms with Crippen LogP contribution in [0.5, 0.6) is 0 Å². The van der Waals surface area contributed by atoms with Crippen molar-refractivity contribution in [3.63, 3.8) is 0 Å². The number of aryl methyl sites for hydroxylation is 2. The maximum absolute atomic E-state index is 4.21. The minimum Gasteiger partial charge on any atom is -0.310 e. The van der Waals surface area contributed by atoms with Crippen LogP contribution in [0.1, 0.15) is 95.7 Å². The monoisotopic (exact) mass is 786 g/mol. The third-order valence-electron chi connectivity index (χ3n) is 10.9. The highest BCUT2D eigenvalue weighted by atomic mass is 15.1. The highest BCUT2D eigenvalue weighted by Gasteiger charge is 2.24. The normalized spacial score (nSPS) is 12.1. The van der Waals surface area contributed by atoms with Crippen molar-refractivity contribution in [3.8, 4) is 22.3 Å². The van der Waals surface area contributed by atoms with Crippen LogP contribution in [0.4, 0.5) is 17.1 Å². The van der Waals surface area contributed by atoms with Gasteiger partial charge in [-0.15, -0.1) is 0 Å². The van der Waals surface area contributed by atoms with Crippen molar-refractivity contribution in [1.29, 1.82) is 0 Å². The molecule has 2 heterocycles. The molecule has 1 aliphatic rings. The van der Waals surface area contributed by atoms with Crippen LogP contribution in [0.15, 0.2) is 158 Å². The van der Waals surface area contributed by atoms with Crippen LogP contribution in [0, 0.1) is 13.8 Å². The van der Waals surface area contributed by atoms with Gasteiger partial charge in [-0.3, -0.25) is 0 Å². The standard InChI is InChI=1S/C51H42N2.C3H8.2C2H6/c1-5-15-47-42(6-2)44-20-13-21-45-50-48(22-14-23-49(50)53(47)51(44)45)52(40-29-25-38(26-30-40)36-16-9-7-10-17-36)41-28-24-34(3)46(33-41)43-31-27-39(32-35(43)4)37-18-11-8-12-19-37;1-3-2;2*1-2/h5-7,9-11,13-33H,2,8,12H2,1,3-4H3;3H2,1-2H3;2*1-2H3/b15-5-;;;. The zero-order chi connectivity index (χ0) is 42.8. The van der Waals surface area contributed by atoms with E-state index in [1.165, 1.54) is 83.7 Å². The van der Waals surface area contributed by atoms with Crippen LogP contribution in [0.25, 0.3) is 67.2 Å². The van der Waals surface area contributed by atoms with Crippen molar-refractivity contribution in [1.82, 2.24) is 4.40 Å². The molecule has 0 fully saturated rings. The molecule has 2 nitrogen and oxygen atoms in total. The van der Waals surface area contributed by atoms with Gasteiger partial charge < -0.3 is 9.30 Å². The summed E-state index contributed by atoms with van der Waals surface area (Å²) in [6.07, 6.45) is 16.7. The van der Waals surface area contributed by atoms with Crippen LogP contribution in [-0.2, 0) is 0 Å². The molecule has 0 saturated heterocycles. The quantitative estimate of drug-likeness (QED) is 0.149. The summed E-state index contributed by atoms with van der Waals surface area (Å²) in [7, 11) is 0. The van der Waals surface area contributed by atoms with E-state index in [2.05, 4.69) is 208 Å². The molecule has 0 bridgehead atoms. The maximum atomic E-state index is 4.21. The summed E-state index contributed by atoms with van der Waals surface area (Å²) >= 11 is 0. The Morgan fingerprint density at radius 2 is 1.32 bits per heavy atom. The molecule has 0 aliphatic heterocycles. The molecule has 0 atom stereocenters. The Bertz CT molecular complexity index is 2770. The molecule has 8 aromatic rings. The number of fused-ring (bicyclic) bond motifs is 3. The maximum Gasteiger partial charge on any atom is 0.0621 e. The van der Waals surface area contributed by atoms with Gasteiger partial charge in [-0.1, -0.05) is 176 Å². The number of benzene rings is 6. The van der Waals surface area contributed by atoms with Crippen molar-refractivity contribution >= 4 is 62.0 Å². The smallest absolute Gasteiger partial charge is 0.0621 e. The Labute approximate surface area is 359 Å². The fourth-order valence-corrected chi connectivity index (χ4v) is 8.42. The van der Waals surface area contributed by atoms with Gasteiger partial charge in [0.25, 0.3) is 0 Å². The molecule has 304 valence electrons. The van der Waals surface area contributed by atoms with Gasteiger partial charge in [0.2, 0.25) is 0 Å². The van der Waals surface area contributed by atoms with Crippen molar-refractivity contribution < 1.29 is 0 Å². The highest BCUT2D eigenvalue weighted by molar-refractivity contribution is 6.22. The number of para-hydroxylation sites is 1. The van der Waals surface area contributed by atoms with Gasteiger partial charge in [-0.2, -0.15) is 0 Å².